The zero-order valence-corrected chi connectivity index (χ0v) is 15.8. The lowest BCUT2D eigenvalue weighted by Gasteiger charge is -2.12. The van der Waals surface area contributed by atoms with E-state index in [1.807, 2.05) is 72.8 Å². The Morgan fingerprint density at radius 2 is 1.57 bits per heavy atom. The van der Waals surface area contributed by atoms with Crippen molar-refractivity contribution in [2.24, 2.45) is 0 Å². The van der Waals surface area contributed by atoms with Gasteiger partial charge in [-0.2, -0.15) is 4.98 Å². The summed E-state index contributed by atoms with van der Waals surface area (Å²) >= 11 is 6.27. The average molecular weight is 388 g/mol. The molecule has 0 aliphatic carbocycles. The van der Waals surface area contributed by atoms with Crippen molar-refractivity contribution >= 4 is 29.1 Å². The van der Waals surface area contributed by atoms with Gasteiger partial charge in [0.2, 0.25) is 5.95 Å². The molecule has 0 saturated heterocycles. The number of nitrogens with zero attached hydrogens (tertiary/aromatic N) is 3. The molecule has 4 aromatic rings. The highest BCUT2D eigenvalue weighted by Crippen LogP contribution is 2.26. The van der Waals surface area contributed by atoms with E-state index in [-0.39, 0.29) is 0 Å². The van der Waals surface area contributed by atoms with E-state index in [2.05, 4.69) is 25.6 Å². The second-order valence-corrected chi connectivity index (χ2v) is 6.55. The number of halogens is 1. The van der Waals surface area contributed by atoms with Crippen LogP contribution in [0.1, 0.15) is 5.56 Å². The van der Waals surface area contributed by atoms with E-state index < -0.39 is 0 Å². The van der Waals surface area contributed by atoms with Gasteiger partial charge >= 0.3 is 0 Å². The van der Waals surface area contributed by atoms with E-state index in [1.54, 1.807) is 12.4 Å². The van der Waals surface area contributed by atoms with Crippen molar-refractivity contribution in [2.75, 3.05) is 10.6 Å². The highest BCUT2D eigenvalue weighted by Gasteiger charge is 2.09. The van der Waals surface area contributed by atoms with E-state index >= 15 is 0 Å². The first-order valence-electron chi connectivity index (χ1n) is 8.87. The molecule has 0 aliphatic heterocycles. The molecule has 4 rings (SSSR count). The molecule has 2 aromatic carbocycles. The fourth-order valence-electron chi connectivity index (χ4n) is 2.73. The first-order chi connectivity index (χ1) is 13.8. The van der Waals surface area contributed by atoms with Crippen LogP contribution in [0.15, 0.2) is 85.2 Å². The van der Waals surface area contributed by atoms with E-state index in [9.17, 15) is 0 Å². The summed E-state index contributed by atoms with van der Waals surface area (Å²) in [4.78, 5) is 13.3. The minimum absolute atomic E-state index is 0.478. The van der Waals surface area contributed by atoms with Gasteiger partial charge in [0.05, 0.1) is 16.4 Å². The van der Waals surface area contributed by atoms with Gasteiger partial charge in [0.1, 0.15) is 5.82 Å². The second-order valence-electron chi connectivity index (χ2n) is 6.14. The molecule has 0 saturated carbocycles. The summed E-state index contributed by atoms with van der Waals surface area (Å²) in [5.74, 6) is 1.20. The summed E-state index contributed by atoms with van der Waals surface area (Å²) in [5, 5.41) is 7.19. The van der Waals surface area contributed by atoms with Crippen molar-refractivity contribution in [2.45, 2.75) is 6.54 Å². The summed E-state index contributed by atoms with van der Waals surface area (Å²) in [6.07, 6.45) is 3.55. The van der Waals surface area contributed by atoms with Gasteiger partial charge in [-0.25, -0.2) is 4.98 Å². The predicted molar refractivity (Wildman–Crippen MR) is 114 cm³/mol. The molecule has 138 valence electrons. The zero-order chi connectivity index (χ0) is 19.2. The van der Waals surface area contributed by atoms with Gasteiger partial charge in [0.25, 0.3) is 0 Å². The molecule has 0 fully saturated rings. The van der Waals surface area contributed by atoms with Crippen LogP contribution in [0.4, 0.5) is 17.5 Å². The highest BCUT2D eigenvalue weighted by atomic mass is 35.5. The molecule has 6 heteroatoms. The van der Waals surface area contributed by atoms with Crippen LogP contribution < -0.4 is 10.6 Å². The number of rotatable bonds is 6. The lowest BCUT2D eigenvalue weighted by Crippen LogP contribution is -2.06. The second kappa shape index (κ2) is 8.50. The summed E-state index contributed by atoms with van der Waals surface area (Å²) in [5.41, 5.74) is 3.71. The fraction of sp³-hybridized carbons (Fsp3) is 0.0455. The van der Waals surface area contributed by atoms with Crippen LogP contribution in [0.5, 0.6) is 0 Å². The van der Waals surface area contributed by atoms with Crippen molar-refractivity contribution in [3.05, 3.63) is 95.8 Å². The van der Waals surface area contributed by atoms with Gasteiger partial charge in [-0.1, -0.05) is 54.1 Å². The third kappa shape index (κ3) is 4.45. The van der Waals surface area contributed by atoms with Crippen LogP contribution >= 0.6 is 11.6 Å². The normalized spacial score (nSPS) is 10.5. The van der Waals surface area contributed by atoms with Crippen molar-refractivity contribution in [1.29, 1.82) is 0 Å². The monoisotopic (exact) mass is 387 g/mol. The maximum Gasteiger partial charge on any atom is 0.229 e. The number of anilines is 3. The molecule has 0 atom stereocenters. The van der Waals surface area contributed by atoms with Gasteiger partial charge in [0, 0.05) is 30.6 Å². The van der Waals surface area contributed by atoms with Gasteiger partial charge in [-0.3, -0.25) is 4.98 Å². The molecule has 2 aromatic heterocycles. The Hall–Kier alpha value is -3.44. The van der Waals surface area contributed by atoms with Gasteiger partial charge in [0.15, 0.2) is 0 Å². The fourth-order valence-corrected chi connectivity index (χ4v) is 2.91. The van der Waals surface area contributed by atoms with Crippen molar-refractivity contribution in [3.8, 4) is 11.3 Å². The molecule has 0 spiro atoms. The molecule has 0 bridgehead atoms. The molecule has 0 aliphatic rings. The SMILES string of the molecule is Clc1ccccc1Nc1nc(NCc2ccncc2)cc(-c2ccccc2)n1. The minimum Gasteiger partial charge on any atom is -0.366 e. The van der Waals surface area contributed by atoms with Gasteiger partial charge < -0.3 is 10.6 Å². The maximum atomic E-state index is 6.27. The quantitative estimate of drug-likeness (QED) is 0.454. The summed E-state index contributed by atoms with van der Waals surface area (Å²) < 4.78 is 0. The Balaban J connectivity index is 1.65. The molecular weight excluding hydrogens is 370 g/mol. The summed E-state index contributed by atoms with van der Waals surface area (Å²) in [7, 11) is 0. The van der Waals surface area contributed by atoms with Gasteiger partial charge in [-0.15, -0.1) is 0 Å². The van der Waals surface area contributed by atoms with E-state index in [0.29, 0.717) is 17.5 Å². The van der Waals surface area contributed by atoms with Gasteiger partial charge in [-0.05, 0) is 29.8 Å². The molecule has 2 heterocycles. The van der Waals surface area contributed by atoms with Crippen LogP contribution in [-0.4, -0.2) is 15.0 Å². The molecule has 0 unspecified atom stereocenters. The number of hydrogen-bond donors (Lipinski definition) is 2. The third-order valence-electron chi connectivity index (χ3n) is 4.14. The number of hydrogen-bond acceptors (Lipinski definition) is 5. The van der Waals surface area contributed by atoms with Crippen molar-refractivity contribution in [1.82, 2.24) is 15.0 Å². The molecule has 2 N–H and O–H groups in total. The lowest BCUT2D eigenvalue weighted by molar-refractivity contribution is 1.08. The van der Waals surface area contributed by atoms with Crippen LogP contribution in [0, 0.1) is 0 Å². The smallest absolute Gasteiger partial charge is 0.229 e. The minimum atomic E-state index is 0.478. The number of nitrogens with one attached hydrogen (secondary N) is 2. The summed E-state index contributed by atoms with van der Waals surface area (Å²) in [6.45, 7) is 0.638. The average Bonchev–Trinajstić information content (AvgIpc) is 2.75. The largest absolute Gasteiger partial charge is 0.366 e. The third-order valence-corrected chi connectivity index (χ3v) is 4.47. The zero-order valence-electron chi connectivity index (χ0n) is 15.0. The topological polar surface area (TPSA) is 62.7 Å². The standard InChI is InChI=1S/C22H18ClN5/c23-18-8-4-5-9-19(18)26-22-27-20(17-6-2-1-3-7-17)14-21(28-22)25-15-16-10-12-24-13-11-16/h1-14H,15H2,(H2,25,26,27,28). The summed E-state index contributed by atoms with van der Waals surface area (Å²) in [6, 6.07) is 23.4. The Labute approximate surface area is 168 Å². The predicted octanol–water partition coefficient (Wildman–Crippen LogP) is 5.55. The first kappa shape index (κ1) is 17.9. The highest BCUT2D eigenvalue weighted by molar-refractivity contribution is 6.33. The Morgan fingerprint density at radius 3 is 2.36 bits per heavy atom. The molecule has 5 nitrogen and oxygen atoms in total. The van der Waals surface area contributed by atoms with Crippen molar-refractivity contribution in [3.63, 3.8) is 0 Å². The van der Waals surface area contributed by atoms with E-state index in [0.717, 1.165) is 28.3 Å². The van der Waals surface area contributed by atoms with Crippen molar-refractivity contribution < 1.29 is 0 Å². The Morgan fingerprint density at radius 1 is 0.821 bits per heavy atom. The van der Waals surface area contributed by atoms with E-state index in [1.165, 1.54) is 0 Å². The Bertz CT molecular complexity index is 1050. The molecular formula is C22H18ClN5. The van der Waals surface area contributed by atoms with Crippen LogP contribution in [0.3, 0.4) is 0 Å². The number of para-hydroxylation sites is 1. The first-order valence-corrected chi connectivity index (χ1v) is 9.24. The van der Waals surface area contributed by atoms with E-state index in [4.69, 9.17) is 11.6 Å². The molecule has 28 heavy (non-hydrogen) atoms. The van der Waals surface area contributed by atoms with Crippen LogP contribution in [0.25, 0.3) is 11.3 Å². The molecule has 0 amide bonds. The van der Waals surface area contributed by atoms with Crippen LogP contribution in [-0.2, 0) is 6.54 Å². The molecule has 0 radical (unpaired) electrons. The Kier molecular flexibility index (Phi) is 5.45. The number of benzene rings is 2. The van der Waals surface area contributed by atoms with Crippen LogP contribution in [0.2, 0.25) is 5.02 Å². The maximum absolute atomic E-state index is 6.27. The lowest BCUT2D eigenvalue weighted by atomic mass is 10.1. The number of aromatic nitrogens is 3. The number of pyridine rings is 1.